The van der Waals surface area contributed by atoms with E-state index in [1.54, 1.807) is 7.11 Å². The molecule has 0 radical (unpaired) electrons. The highest BCUT2D eigenvalue weighted by atomic mass is 16.5. The number of methoxy groups -OCH3 is 1. The van der Waals surface area contributed by atoms with Crippen molar-refractivity contribution in [3.8, 4) is 0 Å². The van der Waals surface area contributed by atoms with E-state index in [1.165, 1.54) is 38.5 Å². The summed E-state index contributed by atoms with van der Waals surface area (Å²) in [6.45, 7) is 9.18. The molecule has 4 aliphatic carbocycles. The lowest BCUT2D eigenvalue weighted by molar-refractivity contribution is -0.157. The molecule has 4 aliphatic rings. The van der Waals surface area contributed by atoms with Crippen molar-refractivity contribution in [3.05, 3.63) is 12.7 Å². The van der Waals surface area contributed by atoms with Crippen LogP contribution >= 0.6 is 0 Å². The largest absolute Gasteiger partial charge is 0.374 e. The predicted octanol–water partition coefficient (Wildman–Crippen LogP) is 5.03. The van der Waals surface area contributed by atoms with E-state index in [0.29, 0.717) is 28.4 Å². The van der Waals surface area contributed by atoms with Crippen molar-refractivity contribution in [2.75, 3.05) is 7.11 Å². The first-order valence-electron chi connectivity index (χ1n) is 10.1. The lowest BCUT2D eigenvalue weighted by atomic mass is 9.44. The van der Waals surface area contributed by atoms with E-state index in [2.05, 4.69) is 26.5 Å². The van der Waals surface area contributed by atoms with Gasteiger partial charge in [0.05, 0.1) is 0 Å². The van der Waals surface area contributed by atoms with Gasteiger partial charge in [-0.25, -0.2) is 0 Å². The molecule has 134 valence electrons. The summed E-state index contributed by atoms with van der Waals surface area (Å²) in [4.78, 5) is 12.4. The minimum atomic E-state index is -0.150. The molecule has 4 saturated carbocycles. The molecular weight excluding hydrogens is 296 g/mol. The average molecular weight is 331 g/mol. The molecule has 0 saturated heterocycles. The van der Waals surface area contributed by atoms with Crippen LogP contribution in [-0.2, 0) is 9.53 Å². The normalized spacial score (nSPS) is 53.9. The van der Waals surface area contributed by atoms with Crippen LogP contribution in [0.3, 0.4) is 0 Å². The highest BCUT2D eigenvalue weighted by Gasteiger charge is 2.60. The summed E-state index contributed by atoms with van der Waals surface area (Å²) in [7, 11) is 1.72. The summed E-state index contributed by atoms with van der Waals surface area (Å²) in [5, 5.41) is 0. The quantitative estimate of drug-likeness (QED) is 0.664. The third kappa shape index (κ3) is 2.14. The number of fused-ring (bicyclic) bond motifs is 5. The monoisotopic (exact) mass is 330 g/mol. The van der Waals surface area contributed by atoms with Crippen LogP contribution in [0, 0.1) is 40.4 Å². The fraction of sp³-hybridized carbons (Fsp3) is 0.864. The van der Waals surface area contributed by atoms with Gasteiger partial charge in [-0.05, 0) is 85.4 Å². The molecule has 8 unspecified atom stereocenters. The van der Waals surface area contributed by atoms with Crippen molar-refractivity contribution in [2.24, 2.45) is 40.4 Å². The van der Waals surface area contributed by atoms with E-state index in [-0.39, 0.29) is 6.10 Å². The Morgan fingerprint density at radius 3 is 2.54 bits per heavy atom. The zero-order valence-electron chi connectivity index (χ0n) is 15.7. The summed E-state index contributed by atoms with van der Waals surface area (Å²) in [5.74, 6) is 4.19. The maximum Gasteiger partial charge on any atom is 0.161 e. The fourth-order valence-electron chi connectivity index (χ4n) is 7.72. The summed E-state index contributed by atoms with van der Waals surface area (Å²) in [6.07, 6.45) is 11.8. The van der Waals surface area contributed by atoms with Gasteiger partial charge < -0.3 is 4.74 Å². The Morgan fingerprint density at radius 2 is 1.83 bits per heavy atom. The molecule has 2 heteroatoms. The molecule has 0 N–H and O–H groups in total. The van der Waals surface area contributed by atoms with Crippen LogP contribution in [0.15, 0.2) is 12.7 Å². The average Bonchev–Trinajstić information content (AvgIpc) is 2.91. The van der Waals surface area contributed by atoms with Crippen LogP contribution in [0.1, 0.15) is 65.2 Å². The van der Waals surface area contributed by atoms with Gasteiger partial charge >= 0.3 is 0 Å². The fourth-order valence-corrected chi connectivity index (χ4v) is 7.72. The maximum absolute atomic E-state index is 12.4. The standard InChI is InChI=1S/C22H34O2/c1-5-14-7-9-17-16-8-6-15-12-19(23)20(24-4)13-22(15,3)18(16)10-11-21(14,17)2/h5,14-18,20H,1,6-13H2,2-4H3. The van der Waals surface area contributed by atoms with Crippen molar-refractivity contribution < 1.29 is 9.53 Å². The summed E-state index contributed by atoms with van der Waals surface area (Å²) >= 11 is 0. The van der Waals surface area contributed by atoms with E-state index in [0.717, 1.165) is 30.6 Å². The van der Waals surface area contributed by atoms with Crippen molar-refractivity contribution in [1.29, 1.82) is 0 Å². The number of allylic oxidation sites excluding steroid dienone is 1. The van der Waals surface area contributed by atoms with Gasteiger partial charge in [0.15, 0.2) is 5.78 Å². The van der Waals surface area contributed by atoms with Gasteiger partial charge in [0.2, 0.25) is 0 Å². The van der Waals surface area contributed by atoms with Crippen LogP contribution in [0.2, 0.25) is 0 Å². The summed E-state index contributed by atoms with van der Waals surface area (Å²) in [6, 6.07) is 0. The van der Waals surface area contributed by atoms with Crippen molar-refractivity contribution in [1.82, 2.24) is 0 Å². The number of carbonyl (C=O) groups is 1. The minimum absolute atomic E-state index is 0.150. The number of Topliss-reactive ketones (excluding diaryl/α,β-unsaturated/α-hetero) is 1. The Hall–Kier alpha value is -0.630. The smallest absolute Gasteiger partial charge is 0.161 e. The first-order chi connectivity index (χ1) is 11.4. The molecule has 4 fully saturated rings. The minimum Gasteiger partial charge on any atom is -0.374 e. The van der Waals surface area contributed by atoms with Crippen molar-refractivity contribution in [2.45, 2.75) is 71.3 Å². The molecule has 0 aromatic heterocycles. The number of rotatable bonds is 2. The Labute approximate surface area is 147 Å². The second kappa shape index (κ2) is 5.69. The van der Waals surface area contributed by atoms with Crippen LogP contribution < -0.4 is 0 Å². The highest BCUT2D eigenvalue weighted by Crippen LogP contribution is 2.67. The van der Waals surface area contributed by atoms with Gasteiger partial charge in [-0.15, -0.1) is 6.58 Å². The lowest BCUT2D eigenvalue weighted by Crippen LogP contribution is -2.56. The van der Waals surface area contributed by atoms with E-state index in [4.69, 9.17) is 4.74 Å². The molecule has 0 spiro atoms. The Morgan fingerprint density at radius 1 is 1.08 bits per heavy atom. The van der Waals surface area contributed by atoms with Gasteiger partial charge in [0.1, 0.15) is 6.10 Å². The first kappa shape index (κ1) is 16.8. The second-order valence-corrected chi connectivity index (χ2v) is 9.72. The number of carbonyl (C=O) groups excluding carboxylic acids is 1. The topological polar surface area (TPSA) is 26.3 Å². The lowest BCUT2D eigenvalue weighted by Gasteiger charge is -2.60. The number of hydrogen-bond acceptors (Lipinski definition) is 2. The highest BCUT2D eigenvalue weighted by molar-refractivity contribution is 5.84. The molecule has 0 bridgehead atoms. The third-order valence-corrected chi connectivity index (χ3v) is 9.14. The maximum atomic E-state index is 12.4. The molecule has 4 rings (SSSR count). The Balaban J connectivity index is 1.63. The van der Waals surface area contributed by atoms with Gasteiger partial charge in [-0.2, -0.15) is 0 Å². The zero-order chi connectivity index (χ0) is 17.1. The summed E-state index contributed by atoms with van der Waals surface area (Å²) < 4.78 is 5.58. The first-order valence-corrected chi connectivity index (χ1v) is 10.1. The Bertz CT molecular complexity index is 540. The molecule has 8 atom stereocenters. The molecule has 24 heavy (non-hydrogen) atoms. The number of ether oxygens (including phenoxy) is 1. The number of ketones is 1. The van der Waals surface area contributed by atoms with Crippen LogP contribution in [0.5, 0.6) is 0 Å². The summed E-state index contributed by atoms with van der Waals surface area (Å²) in [5.41, 5.74) is 0.794. The van der Waals surface area contributed by atoms with E-state index in [9.17, 15) is 4.79 Å². The third-order valence-electron chi connectivity index (χ3n) is 9.14. The molecular formula is C22H34O2. The molecule has 0 aromatic rings. The molecule has 0 aromatic carbocycles. The molecule has 0 aliphatic heterocycles. The van der Waals surface area contributed by atoms with Crippen molar-refractivity contribution in [3.63, 3.8) is 0 Å². The van der Waals surface area contributed by atoms with Crippen LogP contribution in [0.25, 0.3) is 0 Å². The predicted molar refractivity (Wildman–Crippen MR) is 96.6 cm³/mol. The van der Waals surface area contributed by atoms with E-state index < -0.39 is 0 Å². The van der Waals surface area contributed by atoms with Gasteiger partial charge in [0.25, 0.3) is 0 Å². The SMILES string of the molecule is C=CC1CCC2C3CCC4CC(=O)C(OC)CC4(C)C3CCC12C. The molecule has 0 heterocycles. The van der Waals surface area contributed by atoms with E-state index >= 15 is 0 Å². The van der Waals surface area contributed by atoms with Gasteiger partial charge in [-0.1, -0.05) is 19.9 Å². The molecule has 2 nitrogen and oxygen atoms in total. The number of hydrogen-bond donors (Lipinski definition) is 0. The van der Waals surface area contributed by atoms with E-state index in [1.807, 2.05) is 0 Å². The zero-order valence-corrected chi connectivity index (χ0v) is 15.7. The second-order valence-electron chi connectivity index (χ2n) is 9.72. The van der Waals surface area contributed by atoms with Crippen LogP contribution in [-0.4, -0.2) is 19.0 Å². The van der Waals surface area contributed by atoms with Gasteiger partial charge in [0, 0.05) is 13.5 Å². The van der Waals surface area contributed by atoms with Crippen molar-refractivity contribution >= 4 is 5.78 Å². The van der Waals surface area contributed by atoms with Crippen LogP contribution in [0.4, 0.5) is 0 Å². The van der Waals surface area contributed by atoms with Gasteiger partial charge in [-0.3, -0.25) is 4.79 Å². The Kier molecular flexibility index (Phi) is 3.99. The molecule has 0 amide bonds.